The van der Waals surface area contributed by atoms with E-state index in [-0.39, 0.29) is 0 Å². The molecule has 4 aromatic rings. The fourth-order valence-electron chi connectivity index (χ4n) is 3.88. The average molecular weight is 364 g/mol. The van der Waals surface area contributed by atoms with Gasteiger partial charge in [0, 0.05) is 10.4 Å². The van der Waals surface area contributed by atoms with Crippen LogP contribution in [0, 0.1) is 5.92 Å². The largest absolute Gasteiger partial charge is 0.497 e. The van der Waals surface area contributed by atoms with Crippen molar-refractivity contribution in [2.24, 2.45) is 5.92 Å². The Morgan fingerprint density at radius 1 is 1.35 bits per heavy atom. The van der Waals surface area contributed by atoms with E-state index in [4.69, 9.17) is 9.72 Å². The second-order valence-corrected chi connectivity index (χ2v) is 7.96. The minimum atomic E-state index is 0.709. The van der Waals surface area contributed by atoms with Crippen molar-refractivity contribution in [3.8, 4) is 17.1 Å². The van der Waals surface area contributed by atoms with Gasteiger partial charge in [0.05, 0.1) is 12.5 Å². The molecule has 132 valence electrons. The zero-order chi connectivity index (χ0) is 17.7. The Morgan fingerprint density at radius 3 is 3.12 bits per heavy atom. The van der Waals surface area contributed by atoms with Crippen molar-refractivity contribution in [2.45, 2.75) is 32.6 Å². The van der Waals surface area contributed by atoms with Gasteiger partial charge in [-0.25, -0.2) is 14.5 Å². The molecule has 0 N–H and O–H groups in total. The van der Waals surface area contributed by atoms with Crippen LogP contribution in [0.3, 0.4) is 0 Å². The van der Waals surface area contributed by atoms with E-state index in [1.54, 1.807) is 13.4 Å². The van der Waals surface area contributed by atoms with Crippen molar-refractivity contribution >= 4 is 27.2 Å². The second-order valence-electron chi connectivity index (χ2n) is 6.88. The first-order valence-corrected chi connectivity index (χ1v) is 9.88. The molecule has 0 bridgehead atoms. The molecule has 5 rings (SSSR count). The molecule has 0 fully saturated rings. The Kier molecular flexibility index (Phi) is 3.67. The lowest BCUT2D eigenvalue weighted by molar-refractivity contribution is 0.415. The molecule has 1 unspecified atom stereocenters. The monoisotopic (exact) mass is 364 g/mol. The highest BCUT2D eigenvalue weighted by atomic mass is 32.1. The quantitative estimate of drug-likeness (QED) is 0.536. The van der Waals surface area contributed by atoms with Crippen LogP contribution in [0.2, 0.25) is 0 Å². The zero-order valence-electron chi connectivity index (χ0n) is 14.9. The number of fused-ring (bicyclic) bond motifs is 5. The fourth-order valence-corrected chi connectivity index (χ4v) is 5.17. The minimum Gasteiger partial charge on any atom is -0.497 e. The van der Waals surface area contributed by atoms with Gasteiger partial charge >= 0.3 is 0 Å². The van der Waals surface area contributed by atoms with Crippen LogP contribution in [-0.2, 0) is 12.8 Å². The van der Waals surface area contributed by atoms with E-state index in [0.717, 1.165) is 34.1 Å². The smallest absolute Gasteiger partial charge is 0.182 e. The summed E-state index contributed by atoms with van der Waals surface area (Å²) in [5.74, 6) is 2.32. The molecule has 0 amide bonds. The minimum absolute atomic E-state index is 0.709. The molecule has 0 spiro atoms. The third-order valence-corrected chi connectivity index (χ3v) is 6.56. The molecule has 6 heteroatoms. The Morgan fingerprint density at radius 2 is 2.27 bits per heavy atom. The van der Waals surface area contributed by atoms with E-state index in [2.05, 4.69) is 17.0 Å². The number of hydrogen-bond acceptors (Lipinski definition) is 5. The maximum Gasteiger partial charge on any atom is 0.182 e. The molecule has 0 aliphatic heterocycles. The first-order valence-electron chi connectivity index (χ1n) is 9.07. The molecule has 1 atom stereocenters. The normalized spacial score (nSPS) is 16.9. The van der Waals surface area contributed by atoms with E-state index in [9.17, 15) is 0 Å². The summed E-state index contributed by atoms with van der Waals surface area (Å²) in [6.07, 6.45) is 6.59. The van der Waals surface area contributed by atoms with E-state index in [1.807, 2.05) is 40.1 Å². The number of methoxy groups -OCH3 is 1. The van der Waals surface area contributed by atoms with Gasteiger partial charge in [0.1, 0.15) is 16.9 Å². The van der Waals surface area contributed by atoms with Gasteiger partial charge in [0.15, 0.2) is 11.5 Å². The zero-order valence-corrected chi connectivity index (χ0v) is 15.7. The highest BCUT2D eigenvalue weighted by molar-refractivity contribution is 7.19. The molecule has 1 aliphatic carbocycles. The van der Waals surface area contributed by atoms with Crippen LogP contribution in [0.15, 0.2) is 30.6 Å². The first-order chi connectivity index (χ1) is 12.8. The Labute approximate surface area is 155 Å². The summed E-state index contributed by atoms with van der Waals surface area (Å²) >= 11 is 1.83. The highest BCUT2D eigenvalue weighted by Gasteiger charge is 2.24. The number of benzene rings is 1. The number of hydrogen-bond donors (Lipinski definition) is 0. The topological polar surface area (TPSA) is 52.3 Å². The SMILES string of the molecule is CCC1CCc2c(sc3ncn4nc(-c5cccc(OC)c5)nc4c23)C1. The lowest BCUT2D eigenvalue weighted by atomic mass is 9.86. The van der Waals surface area contributed by atoms with E-state index >= 15 is 0 Å². The van der Waals surface area contributed by atoms with Crippen molar-refractivity contribution in [3.63, 3.8) is 0 Å². The van der Waals surface area contributed by atoms with Crippen molar-refractivity contribution in [2.75, 3.05) is 7.11 Å². The van der Waals surface area contributed by atoms with Crippen LogP contribution in [-0.4, -0.2) is 26.7 Å². The summed E-state index contributed by atoms with van der Waals surface area (Å²) in [5, 5.41) is 5.86. The van der Waals surface area contributed by atoms with Crippen LogP contribution in [0.5, 0.6) is 5.75 Å². The van der Waals surface area contributed by atoms with Gasteiger partial charge in [-0.1, -0.05) is 25.5 Å². The maximum absolute atomic E-state index is 5.33. The van der Waals surface area contributed by atoms with Gasteiger partial charge in [0.25, 0.3) is 0 Å². The molecule has 1 aromatic carbocycles. The molecular weight excluding hydrogens is 344 g/mol. The summed E-state index contributed by atoms with van der Waals surface area (Å²) in [5.41, 5.74) is 3.31. The van der Waals surface area contributed by atoms with E-state index < -0.39 is 0 Å². The van der Waals surface area contributed by atoms with E-state index in [1.165, 1.54) is 35.1 Å². The Hall–Kier alpha value is -2.47. The molecule has 3 heterocycles. The predicted molar refractivity (Wildman–Crippen MR) is 104 cm³/mol. The molecular formula is C20H20N4OS. The van der Waals surface area contributed by atoms with Gasteiger partial charge < -0.3 is 4.74 Å². The van der Waals surface area contributed by atoms with Gasteiger partial charge in [-0.15, -0.1) is 16.4 Å². The van der Waals surface area contributed by atoms with Gasteiger partial charge in [0.2, 0.25) is 0 Å². The van der Waals surface area contributed by atoms with Gasteiger partial charge in [-0.3, -0.25) is 0 Å². The van der Waals surface area contributed by atoms with Crippen molar-refractivity contribution in [1.82, 2.24) is 19.6 Å². The van der Waals surface area contributed by atoms with E-state index in [0.29, 0.717) is 5.82 Å². The van der Waals surface area contributed by atoms with Crippen LogP contribution in [0.1, 0.15) is 30.2 Å². The molecule has 0 saturated carbocycles. The third kappa shape index (κ3) is 2.40. The summed E-state index contributed by atoms with van der Waals surface area (Å²) in [4.78, 5) is 12.1. The molecule has 1 aliphatic rings. The number of aromatic nitrogens is 4. The predicted octanol–water partition coefficient (Wildman–Crippen LogP) is 4.53. The number of thiophene rings is 1. The molecule has 5 nitrogen and oxygen atoms in total. The summed E-state index contributed by atoms with van der Waals surface area (Å²) in [6, 6.07) is 7.87. The Bertz CT molecular complexity index is 1110. The number of ether oxygens (including phenoxy) is 1. The Balaban J connectivity index is 1.69. The second kappa shape index (κ2) is 6.06. The fraction of sp³-hybridized carbons (Fsp3) is 0.350. The number of nitrogens with zero attached hydrogens (tertiary/aromatic N) is 4. The summed E-state index contributed by atoms with van der Waals surface area (Å²) in [7, 11) is 1.67. The van der Waals surface area contributed by atoms with Crippen LogP contribution in [0.25, 0.3) is 27.3 Å². The van der Waals surface area contributed by atoms with Crippen molar-refractivity contribution in [3.05, 3.63) is 41.0 Å². The average Bonchev–Trinajstić information content (AvgIpc) is 3.28. The first kappa shape index (κ1) is 15.8. The van der Waals surface area contributed by atoms with Crippen molar-refractivity contribution < 1.29 is 4.74 Å². The molecule has 3 aromatic heterocycles. The van der Waals surface area contributed by atoms with Crippen LogP contribution >= 0.6 is 11.3 Å². The lowest BCUT2D eigenvalue weighted by Gasteiger charge is -2.20. The number of rotatable bonds is 3. The maximum atomic E-state index is 5.33. The summed E-state index contributed by atoms with van der Waals surface area (Å²) < 4.78 is 7.15. The van der Waals surface area contributed by atoms with Gasteiger partial charge in [-0.2, -0.15) is 0 Å². The van der Waals surface area contributed by atoms with Crippen LogP contribution in [0.4, 0.5) is 0 Å². The summed E-state index contributed by atoms with van der Waals surface area (Å²) in [6.45, 7) is 2.29. The van der Waals surface area contributed by atoms with Crippen molar-refractivity contribution in [1.29, 1.82) is 0 Å². The lowest BCUT2D eigenvalue weighted by Crippen LogP contribution is -2.11. The van der Waals surface area contributed by atoms with Gasteiger partial charge in [-0.05, 0) is 42.9 Å². The third-order valence-electron chi connectivity index (χ3n) is 5.39. The standard InChI is InChI=1S/C20H20N4OS/c1-3-12-7-8-15-16(9-12)26-20-17(15)19-22-18(23-24(19)11-21-20)13-5-4-6-14(10-13)25-2/h4-6,10-12H,3,7-9H2,1-2H3. The number of aryl methyl sites for hydroxylation is 1. The van der Waals surface area contributed by atoms with Crippen LogP contribution < -0.4 is 4.74 Å². The highest BCUT2D eigenvalue weighted by Crippen LogP contribution is 2.39. The molecule has 0 radical (unpaired) electrons. The molecule has 0 saturated heterocycles. The molecule has 26 heavy (non-hydrogen) atoms.